The number of benzene rings is 3. The van der Waals surface area contributed by atoms with Crippen LogP contribution in [0.5, 0.6) is 0 Å². The molecule has 0 aliphatic rings. The highest BCUT2D eigenvalue weighted by Gasteiger charge is 2.65. The Morgan fingerprint density at radius 1 is 0.606 bits per heavy atom. The number of hydrogen-bond acceptors (Lipinski definition) is 1. The van der Waals surface area contributed by atoms with Gasteiger partial charge in [-0.05, 0) is 35.4 Å². The van der Waals surface area contributed by atoms with E-state index in [-0.39, 0.29) is 23.3 Å². The third-order valence-electron chi connectivity index (χ3n) is 4.78. The number of halogens is 10. The van der Waals surface area contributed by atoms with E-state index in [0.717, 1.165) is 6.07 Å². The summed E-state index contributed by atoms with van der Waals surface area (Å²) in [6.45, 7) is 0. The van der Waals surface area contributed by atoms with Crippen molar-refractivity contribution in [3.05, 3.63) is 83.7 Å². The van der Waals surface area contributed by atoms with Gasteiger partial charge in [-0.25, -0.2) is 26.9 Å². The Bertz CT molecular complexity index is 1410. The first-order valence-corrected chi connectivity index (χ1v) is 10.8. The van der Waals surface area contributed by atoms with E-state index in [1.165, 1.54) is 30.3 Å². The molecule has 0 bridgehead atoms. The number of hydrogen-bond donors (Lipinski definition) is 0. The van der Waals surface area contributed by atoms with Crippen LogP contribution in [-0.4, -0.2) is 4.98 Å². The quantitative estimate of drug-likeness (QED) is 0.156. The molecule has 0 aliphatic heterocycles. The molecule has 3 aromatic carbocycles. The molecule has 1 nitrogen and oxygen atoms in total. The van der Waals surface area contributed by atoms with Crippen molar-refractivity contribution in [2.24, 2.45) is 0 Å². The molecular weight excluding hydrogens is 488 g/mol. The van der Waals surface area contributed by atoms with Gasteiger partial charge in [-0.15, -0.1) is 0 Å². The minimum Gasteiger partial charge on any atom is -0.248 e. The predicted octanol–water partition coefficient (Wildman–Crippen LogP) is 8.92. The van der Waals surface area contributed by atoms with Crippen molar-refractivity contribution < 1.29 is 41.4 Å². The van der Waals surface area contributed by atoms with Crippen LogP contribution in [0.3, 0.4) is 0 Å². The third-order valence-corrected chi connectivity index (χ3v) is 5.92. The summed E-state index contributed by atoms with van der Waals surface area (Å²) in [6, 6.07) is 8.57. The van der Waals surface area contributed by atoms with Gasteiger partial charge in [0.25, 0.3) is 0 Å². The molecule has 1 aromatic heterocycles. The number of rotatable bonds is 3. The molecule has 33 heavy (non-hydrogen) atoms. The maximum Gasteiger partial charge on any atom is 0.310 e. The van der Waals surface area contributed by atoms with Crippen molar-refractivity contribution in [1.29, 1.82) is 0 Å². The van der Waals surface area contributed by atoms with E-state index in [1.807, 2.05) is 0 Å². The lowest BCUT2D eigenvalue weighted by molar-refractivity contribution is 0.364. The Balaban J connectivity index is 2.12. The first-order chi connectivity index (χ1) is 15.1. The van der Waals surface area contributed by atoms with Crippen LogP contribution in [0.15, 0.2) is 59.5 Å². The predicted molar refractivity (Wildman–Crippen MR) is 104 cm³/mol. The fourth-order valence-electron chi connectivity index (χ4n) is 3.26. The zero-order valence-corrected chi connectivity index (χ0v) is 16.6. The van der Waals surface area contributed by atoms with Gasteiger partial charge < -0.3 is 0 Å². The van der Waals surface area contributed by atoms with Crippen molar-refractivity contribution >= 4 is 21.1 Å². The average Bonchev–Trinajstić information content (AvgIpc) is 2.74. The second-order valence-electron chi connectivity index (χ2n) is 7.01. The molecule has 0 fully saturated rings. The zero-order valence-electron chi connectivity index (χ0n) is 15.8. The van der Waals surface area contributed by atoms with Crippen LogP contribution in [0.1, 0.15) is 0 Å². The fourth-order valence-corrected chi connectivity index (χ4v) is 3.93. The van der Waals surface area contributed by atoms with Crippen LogP contribution in [-0.2, 0) is 0 Å². The largest absolute Gasteiger partial charge is 0.310 e. The van der Waals surface area contributed by atoms with Gasteiger partial charge in [0, 0.05) is 5.39 Å². The number of aromatic nitrogens is 1. The molecule has 0 amide bonds. The molecular formula is C21H9F10NS. The Kier molecular flexibility index (Phi) is 4.60. The molecule has 0 spiro atoms. The van der Waals surface area contributed by atoms with Gasteiger partial charge in [-0.2, -0.15) is 0 Å². The fraction of sp³-hybridized carbons (Fsp3) is 0. The van der Waals surface area contributed by atoms with Gasteiger partial charge in [0.15, 0.2) is 23.3 Å². The summed E-state index contributed by atoms with van der Waals surface area (Å²) in [5, 5.41) is -0.473. The molecule has 0 N–H and O–H groups in total. The Hall–Kier alpha value is -3.28. The normalized spacial score (nSPS) is 14.2. The SMILES string of the molecule is Fc1c(F)c(F)c(-c2cc(-c3ccccc3)c3cc(S(F)(F)(F)(F)F)ccc3n2)c(F)c1F. The van der Waals surface area contributed by atoms with Crippen LogP contribution < -0.4 is 0 Å². The van der Waals surface area contributed by atoms with E-state index in [1.54, 1.807) is 0 Å². The smallest absolute Gasteiger partial charge is 0.248 e. The highest BCUT2D eigenvalue weighted by Crippen LogP contribution is 3.02. The van der Waals surface area contributed by atoms with E-state index < -0.39 is 66.4 Å². The highest BCUT2D eigenvalue weighted by molar-refractivity contribution is 8.45. The lowest BCUT2D eigenvalue weighted by Crippen LogP contribution is -2.07. The number of nitrogens with zero attached hydrogens (tertiary/aromatic N) is 1. The standard InChI is InChI=1S/C21H9F10NS/c22-17-16(18(23)20(25)21(26)19(17)24)15-9-12(10-4-2-1-3-5-10)13-8-11(6-7-14(13)32-15)33(27,28,29,30)31/h1-9H. The molecule has 0 atom stereocenters. The van der Waals surface area contributed by atoms with Crippen LogP contribution in [0.4, 0.5) is 41.4 Å². The van der Waals surface area contributed by atoms with Gasteiger partial charge in [-0.1, -0.05) is 49.8 Å². The summed E-state index contributed by atoms with van der Waals surface area (Å²) in [5.74, 6) is -11.3. The molecule has 174 valence electrons. The molecule has 0 aliphatic carbocycles. The lowest BCUT2D eigenvalue weighted by Gasteiger charge is -2.40. The van der Waals surface area contributed by atoms with Crippen molar-refractivity contribution in [3.63, 3.8) is 0 Å². The first-order valence-electron chi connectivity index (χ1n) is 8.84. The van der Waals surface area contributed by atoms with E-state index in [4.69, 9.17) is 0 Å². The molecule has 0 radical (unpaired) electrons. The van der Waals surface area contributed by atoms with Crippen molar-refractivity contribution in [2.45, 2.75) is 4.90 Å². The molecule has 12 heteroatoms. The average molecular weight is 497 g/mol. The van der Waals surface area contributed by atoms with Crippen molar-refractivity contribution in [1.82, 2.24) is 4.98 Å². The van der Waals surface area contributed by atoms with Crippen LogP contribution in [0, 0.1) is 29.1 Å². The third kappa shape index (κ3) is 3.99. The number of pyridine rings is 1. The molecule has 0 saturated carbocycles. The molecule has 4 rings (SSSR count). The van der Waals surface area contributed by atoms with E-state index in [9.17, 15) is 41.4 Å². The summed E-state index contributed by atoms with van der Waals surface area (Å²) in [5.41, 5.74) is -2.78. The first kappa shape index (κ1) is 22.9. The van der Waals surface area contributed by atoms with Gasteiger partial charge >= 0.3 is 10.2 Å². The second kappa shape index (κ2) is 6.62. The van der Waals surface area contributed by atoms with Crippen LogP contribution in [0.2, 0.25) is 0 Å². The Labute approximate surface area is 179 Å². The molecule has 0 saturated heterocycles. The second-order valence-corrected chi connectivity index (χ2v) is 9.42. The maximum absolute atomic E-state index is 14.3. The Morgan fingerprint density at radius 3 is 1.70 bits per heavy atom. The summed E-state index contributed by atoms with van der Waals surface area (Å²) >= 11 is 0. The van der Waals surface area contributed by atoms with Gasteiger partial charge in [0.2, 0.25) is 5.82 Å². The van der Waals surface area contributed by atoms with E-state index in [0.29, 0.717) is 6.07 Å². The zero-order chi connectivity index (χ0) is 24.4. The van der Waals surface area contributed by atoms with Crippen LogP contribution >= 0.6 is 10.2 Å². The van der Waals surface area contributed by atoms with Crippen molar-refractivity contribution in [3.8, 4) is 22.4 Å². The molecule has 1 heterocycles. The van der Waals surface area contributed by atoms with E-state index >= 15 is 0 Å². The topological polar surface area (TPSA) is 12.9 Å². The van der Waals surface area contributed by atoms with E-state index in [2.05, 4.69) is 4.98 Å². The summed E-state index contributed by atoms with van der Waals surface area (Å²) in [4.78, 5) is 1.47. The summed E-state index contributed by atoms with van der Waals surface area (Å²) < 4.78 is 136. The minimum absolute atomic E-state index is 0.0357. The van der Waals surface area contributed by atoms with Gasteiger partial charge in [0.1, 0.15) is 4.90 Å². The Morgan fingerprint density at radius 2 is 1.15 bits per heavy atom. The summed E-state index contributed by atoms with van der Waals surface area (Å²) in [6.07, 6.45) is 0. The lowest BCUT2D eigenvalue weighted by atomic mass is 9.98. The minimum atomic E-state index is -10.1. The maximum atomic E-state index is 14.3. The highest BCUT2D eigenvalue weighted by atomic mass is 32.5. The molecule has 4 aromatic rings. The summed E-state index contributed by atoms with van der Waals surface area (Å²) in [7, 11) is -10.1. The monoisotopic (exact) mass is 497 g/mol. The van der Waals surface area contributed by atoms with Gasteiger partial charge in [-0.3, -0.25) is 0 Å². The van der Waals surface area contributed by atoms with Crippen LogP contribution in [0.25, 0.3) is 33.3 Å². The van der Waals surface area contributed by atoms with Crippen molar-refractivity contribution in [2.75, 3.05) is 0 Å². The molecule has 0 unspecified atom stereocenters. The number of fused-ring (bicyclic) bond motifs is 1. The van der Waals surface area contributed by atoms with Gasteiger partial charge in [0.05, 0.1) is 16.8 Å².